The van der Waals surface area contributed by atoms with Crippen molar-refractivity contribution >= 4 is 62.8 Å². The minimum atomic E-state index is -3.62. The predicted molar refractivity (Wildman–Crippen MR) is 167 cm³/mol. The predicted octanol–water partition coefficient (Wildman–Crippen LogP) is 6.66. The Bertz CT molecular complexity index is 778. The fourth-order valence-corrected chi connectivity index (χ4v) is 27.3. The lowest BCUT2D eigenvalue weighted by Crippen LogP contribution is -2.67. The van der Waals surface area contributed by atoms with E-state index in [1.54, 1.807) is 13.8 Å². The Morgan fingerprint density at radius 2 is 1.08 bits per heavy atom. The van der Waals surface area contributed by atoms with E-state index in [0.29, 0.717) is 18.0 Å². The van der Waals surface area contributed by atoms with Gasteiger partial charge in [-0.3, -0.25) is 4.79 Å². The molecule has 9 nitrogen and oxygen atoms in total. The third-order valence-corrected chi connectivity index (χ3v) is 23.5. The first-order chi connectivity index (χ1) is 16.7. The van der Waals surface area contributed by atoms with Gasteiger partial charge in [-0.1, -0.05) is 6.58 Å². The molecule has 0 fully saturated rings. The molecule has 0 heterocycles. The number of carbonyl (C=O) groups is 2. The molecule has 0 spiro atoms. The second kappa shape index (κ2) is 14.1. The molecule has 0 radical (unpaired) electrons. The van der Waals surface area contributed by atoms with Crippen LogP contribution in [0.2, 0.25) is 90.7 Å². The van der Waals surface area contributed by atoms with Gasteiger partial charge in [0.2, 0.25) is 0 Å². The van der Waals surface area contributed by atoms with Crippen molar-refractivity contribution < 1.29 is 40.0 Å². The quantitative estimate of drug-likeness (QED) is 0.0997. The van der Waals surface area contributed by atoms with Crippen LogP contribution in [0.5, 0.6) is 0 Å². The number of hydrogen-bond donors (Lipinski definition) is 1. The Morgan fingerprint density at radius 3 is 1.39 bits per heavy atom. The Morgan fingerprint density at radius 1 is 0.711 bits per heavy atom. The fourth-order valence-electron chi connectivity index (χ4n) is 3.64. The fraction of sp³-hybridized carbons (Fsp3) is 0.826. The Labute approximate surface area is 237 Å². The average Bonchev–Trinajstić information content (AvgIpc) is 2.53. The van der Waals surface area contributed by atoms with E-state index in [0.717, 1.165) is 0 Å². The summed E-state index contributed by atoms with van der Waals surface area (Å²) in [5.41, 5.74) is 0.309. The standard InChI is InChI=1S/C23H54O9Si6/c1-20(2)23(26)27-21(3)19-38(30-35(10,11)12,31-36(13,14)15)32-37(28-33(4,5)6,29-34(7,8)9)18-16-17-22(24)25/h21H,1,16-19H2,2-15H3,(H,24,25). The van der Waals surface area contributed by atoms with Crippen LogP contribution in [0.25, 0.3) is 0 Å². The molecule has 0 aromatic rings. The summed E-state index contributed by atoms with van der Waals surface area (Å²) in [6.45, 7) is 32.0. The van der Waals surface area contributed by atoms with Crippen molar-refractivity contribution in [2.24, 2.45) is 0 Å². The van der Waals surface area contributed by atoms with E-state index >= 15 is 0 Å². The molecule has 15 heteroatoms. The van der Waals surface area contributed by atoms with Gasteiger partial charge in [0.1, 0.15) is 6.10 Å². The van der Waals surface area contributed by atoms with Crippen LogP contribution in [0.1, 0.15) is 26.7 Å². The lowest BCUT2D eigenvalue weighted by atomic mass is 10.3. The second-order valence-corrected chi connectivity index (χ2v) is 38.4. The van der Waals surface area contributed by atoms with Gasteiger partial charge in [0, 0.05) is 18.0 Å². The maximum atomic E-state index is 12.4. The number of rotatable bonds is 18. The van der Waals surface area contributed by atoms with Crippen molar-refractivity contribution in [3.05, 3.63) is 12.2 Å². The molecule has 0 aliphatic heterocycles. The Balaban J connectivity index is 7.02. The molecular weight excluding hydrogens is 589 g/mol. The number of hydrogen-bond acceptors (Lipinski definition) is 8. The zero-order valence-electron chi connectivity index (χ0n) is 26.3. The van der Waals surface area contributed by atoms with Gasteiger partial charge < -0.3 is 30.4 Å². The molecule has 1 unspecified atom stereocenters. The van der Waals surface area contributed by atoms with Gasteiger partial charge in [0.25, 0.3) is 0 Å². The zero-order chi connectivity index (χ0) is 30.4. The summed E-state index contributed by atoms with van der Waals surface area (Å²) >= 11 is 0. The molecular formula is C23H54O9Si6. The maximum absolute atomic E-state index is 12.4. The van der Waals surface area contributed by atoms with Crippen molar-refractivity contribution in [1.82, 2.24) is 0 Å². The van der Waals surface area contributed by atoms with Crippen LogP contribution in [-0.4, -0.2) is 74.0 Å². The van der Waals surface area contributed by atoms with E-state index in [4.69, 9.17) is 25.3 Å². The molecule has 0 bridgehead atoms. The van der Waals surface area contributed by atoms with Crippen LogP contribution < -0.4 is 0 Å². The van der Waals surface area contributed by atoms with Gasteiger partial charge in [-0.15, -0.1) is 0 Å². The third kappa shape index (κ3) is 17.5. The summed E-state index contributed by atoms with van der Waals surface area (Å²) in [6.07, 6.45) is -0.239. The van der Waals surface area contributed by atoms with E-state index in [-0.39, 0.29) is 12.5 Å². The van der Waals surface area contributed by atoms with E-state index < -0.39 is 68.9 Å². The van der Waals surface area contributed by atoms with Crippen LogP contribution >= 0.6 is 0 Å². The molecule has 0 saturated heterocycles. The van der Waals surface area contributed by atoms with Crippen molar-refractivity contribution in [2.45, 2.75) is 123 Å². The van der Waals surface area contributed by atoms with E-state index in [9.17, 15) is 14.7 Å². The average molecular weight is 643 g/mol. The first-order valence-corrected chi connectivity index (χ1v) is 30.8. The van der Waals surface area contributed by atoms with Gasteiger partial charge >= 0.3 is 29.5 Å². The minimum Gasteiger partial charge on any atom is -0.481 e. The summed E-state index contributed by atoms with van der Waals surface area (Å²) < 4.78 is 40.2. The van der Waals surface area contributed by atoms with Crippen molar-refractivity contribution in [3.63, 3.8) is 0 Å². The molecule has 1 N–H and O–H groups in total. The summed E-state index contributed by atoms with van der Waals surface area (Å²) in [5, 5.41) is 9.39. The number of ether oxygens (including phenoxy) is 1. The summed E-state index contributed by atoms with van der Waals surface area (Å²) in [4.78, 5) is 23.8. The highest BCUT2D eigenvalue weighted by Crippen LogP contribution is 2.36. The molecule has 1 atom stereocenters. The molecule has 0 aliphatic rings. The van der Waals surface area contributed by atoms with Crippen LogP contribution in [-0.2, 0) is 34.9 Å². The summed E-state index contributed by atoms with van der Waals surface area (Å²) in [7, 11) is -16.2. The molecule has 224 valence electrons. The van der Waals surface area contributed by atoms with Crippen molar-refractivity contribution in [3.8, 4) is 0 Å². The van der Waals surface area contributed by atoms with Crippen LogP contribution in [0.4, 0.5) is 0 Å². The highest BCUT2D eigenvalue weighted by Gasteiger charge is 2.59. The van der Waals surface area contributed by atoms with E-state index in [1.807, 2.05) is 0 Å². The topological polar surface area (TPSA) is 110 Å². The van der Waals surface area contributed by atoms with Gasteiger partial charge in [-0.25, -0.2) is 4.79 Å². The highest BCUT2D eigenvalue weighted by molar-refractivity contribution is 6.92. The normalized spacial score (nSPS) is 14.8. The third-order valence-electron chi connectivity index (χ3n) is 4.23. The van der Waals surface area contributed by atoms with Gasteiger partial charge in [0.05, 0.1) is 6.04 Å². The molecule has 0 amide bonds. The van der Waals surface area contributed by atoms with Crippen LogP contribution in [0.3, 0.4) is 0 Å². The Hall–Kier alpha value is -0.219. The molecule has 0 aromatic heterocycles. The van der Waals surface area contributed by atoms with E-state index in [2.05, 4.69) is 85.1 Å². The van der Waals surface area contributed by atoms with Gasteiger partial charge in [-0.05, 0) is 98.8 Å². The lowest BCUT2D eigenvalue weighted by Gasteiger charge is -2.47. The number of carboxylic acid groups (broad SMARTS) is 1. The van der Waals surface area contributed by atoms with Crippen molar-refractivity contribution in [2.75, 3.05) is 0 Å². The molecule has 38 heavy (non-hydrogen) atoms. The monoisotopic (exact) mass is 642 g/mol. The SMILES string of the molecule is C=C(C)C(=O)OC(C)C[Si](O[Si](C)(C)C)(O[Si](C)(C)C)O[Si](CCCC(=O)O)(O[Si](C)(C)C)O[Si](C)(C)C. The number of carbonyl (C=O) groups excluding carboxylic acids is 1. The summed E-state index contributed by atoms with van der Waals surface area (Å²) in [5.74, 6) is -1.36. The lowest BCUT2D eigenvalue weighted by molar-refractivity contribution is -0.142. The van der Waals surface area contributed by atoms with Crippen LogP contribution in [0.15, 0.2) is 12.2 Å². The second-order valence-electron chi connectivity index (χ2n) is 13.8. The molecule has 0 rings (SSSR count). The van der Waals surface area contributed by atoms with Crippen molar-refractivity contribution in [1.29, 1.82) is 0 Å². The number of aliphatic carboxylic acids is 1. The molecule has 0 saturated carbocycles. The van der Waals surface area contributed by atoms with Gasteiger partial charge in [-0.2, -0.15) is 0 Å². The zero-order valence-corrected chi connectivity index (χ0v) is 32.3. The largest absolute Gasteiger partial charge is 0.481 e. The number of esters is 1. The molecule has 0 aliphatic carbocycles. The highest BCUT2D eigenvalue weighted by atomic mass is 28.5. The first kappa shape index (κ1) is 37.8. The Kier molecular flexibility index (Phi) is 14.0. The van der Waals surface area contributed by atoms with Gasteiger partial charge in [0.15, 0.2) is 33.3 Å². The maximum Gasteiger partial charge on any atom is 0.476 e. The van der Waals surface area contributed by atoms with E-state index in [1.165, 1.54) is 0 Å². The first-order valence-electron chi connectivity index (χ1n) is 13.3. The minimum absolute atomic E-state index is 0.0207. The smallest absolute Gasteiger partial charge is 0.476 e. The number of carboxylic acids is 1. The molecule has 0 aromatic carbocycles. The summed E-state index contributed by atoms with van der Waals surface area (Å²) in [6, 6.07) is 0.574. The van der Waals surface area contributed by atoms with Crippen LogP contribution in [0, 0.1) is 0 Å².